The molecular weight excluding hydrogens is 387 g/mol. The quantitative estimate of drug-likeness (QED) is 0.594. The zero-order valence-electron chi connectivity index (χ0n) is 16.1. The molecule has 8 heteroatoms. The molecule has 3 N–H and O–H groups in total. The minimum atomic E-state index is -0.796. The first kappa shape index (κ1) is 19.8. The van der Waals surface area contributed by atoms with Gasteiger partial charge in [0, 0.05) is 23.4 Å². The maximum Gasteiger partial charge on any atom is 0.306 e. The molecule has 0 amide bonds. The zero-order valence-corrected chi connectivity index (χ0v) is 16.1. The summed E-state index contributed by atoms with van der Waals surface area (Å²) < 4.78 is 14.5. The second kappa shape index (κ2) is 8.44. The summed E-state index contributed by atoms with van der Waals surface area (Å²) in [6, 6.07) is 10.3. The van der Waals surface area contributed by atoms with Gasteiger partial charge in [-0.3, -0.25) is 9.59 Å². The number of nitrogens with one attached hydrogen (secondary N) is 2. The molecule has 1 aliphatic rings. The molecule has 0 aliphatic heterocycles. The van der Waals surface area contributed by atoms with Crippen molar-refractivity contribution >= 4 is 11.9 Å². The summed E-state index contributed by atoms with van der Waals surface area (Å²) in [6.07, 6.45) is 5.41. The minimum absolute atomic E-state index is 0.0765. The molecule has 2 atom stereocenters. The molecular formula is C22H21FN4O3. The predicted molar refractivity (Wildman–Crippen MR) is 110 cm³/mol. The van der Waals surface area contributed by atoms with Crippen LogP contribution in [-0.2, 0) is 4.79 Å². The molecule has 0 unspecified atom stereocenters. The molecule has 154 valence electrons. The SMILES string of the molecule is O=C(O)[C@H]1CCC[C@@H](Nc2ncc(F)c(-c3cccc(-c4ccc[nH]c4=O)c3)n2)C1. The number of aliphatic carboxylic acids is 1. The van der Waals surface area contributed by atoms with Gasteiger partial charge in [-0.05, 0) is 43.0 Å². The standard InChI is InChI=1S/C22H21FN4O3/c23-18-12-25-22(26-16-7-2-6-15(11-16)21(29)30)27-19(18)14-5-1-4-13(10-14)17-8-3-9-24-20(17)28/h1,3-5,8-10,12,15-16H,2,6-7,11H2,(H,24,28)(H,29,30)(H,25,26,27)/t15-,16+/m0/s1. The number of hydrogen-bond donors (Lipinski definition) is 3. The lowest BCUT2D eigenvalue weighted by Gasteiger charge is -2.27. The van der Waals surface area contributed by atoms with Crippen LogP contribution in [0, 0.1) is 11.7 Å². The highest BCUT2D eigenvalue weighted by molar-refractivity contribution is 5.71. The topological polar surface area (TPSA) is 108 Å². The molecule has 0 saturated heterocycles. The first-order valence-corrected chi connectivity index (χ1v) is 9.81. The van der Waals surface area contributed by atoms with E-state index in [1.54, 1.807) is 42.6 Å². The molecule has 1 aromatic carbocycles. The lowest BCUT2D eigenvalue weighted by molar-refractivity contribution is -0.142. The van der Waals surface area contributed by atoms with Crippen LogP contribution < -0.4 is 10.9 Å². The van der Waals surface area contributed by atoms with E-state index in [1.807, 2.05) is 0 Å². The van der Waals surface area contributed by atoms with Crippen LogP contribution in [0.15, 0.2) is 53.6 Å². The van der Waals surface area contributed by atoms with Crippen molar-refractivity contribution in [2.24, 2.45) is 5.92 Å². The van der Waals surface area contributed by atoms with Crippen LogP contribution in [0.1, 0.15) is 25.7 Å². The maximum atomic E-state index is 14.5. The van der Waals surface area contributed by atoms with Crippen LogP contribution in [0.4, 0.5) is 10.3 Å². The van der Waals surface area contributed by atoms with Gasteiger partial charge in [0.1, 0.15) is 5.69 Å². The molecule has 0 bridgehead atoms. The van der Waals surface area contributed by atoms with Crippen molar-refractivity contribution in [1.82, 2.24) is 15.0 Å². The van der Waals surface area contributed by atoms with E-state index in [1.165, 1.54) is 0 Å². The number of anilines is 1. The summed E-state index contributed by atoms with van der Waals surface area (Å²) in [4.78, 5) is 34.3. The number of halogens is 1. The number of benzene rings is 1. The lowest BCUT2D eigenvalue weighted by atomic mass is 9.86. The monoisotopic (exact) mass is 408 g/mol. The number of aromatic nitrogens is 3. The van der Waals surface area contributed by atoms with Crippen molar-refractivity contribution in [2.45, 2.75) is 31.7 Å². The second-order valence-corrected chi connectivity index (χ2v) is 7.43. The number of nitrogens with zero attached hydrogens (tertiary/aromatic N) is 2. The third-order valence-electron chi connectivity index (χ3n) is 5.37. The van der Waals surface area contributed by atoms with Crippen LogP contribution in [0.5, 0.6) is 0 Å². The Morgan fingerprint density at radius 1 is 1.20 bits per heavy atom. The minimum Gasteiger partial charge on any atom is -0.481 e. The van der Waals surface area contributed by atoms with E-state index in [-0.39, 0.29) is 23.2 Å². The molecule has 1 fully saturated rings. The fourth-order valence-corrected chi connectivity index (χ4v) is 3.85. The summed E-state index contributed by atoms with van der Waals surface area (Å²) in [6.45, 7) is 0. The van der Waals surface area contributed by atoms with Crippen molar-refractivity contribution in [3.63, 3.8) is 0 Å². The highest BCUT2D eigenvalue weighted by Crippen LogP contribution is 2.28. The highest BCUT2D eigenvalue weighted by atomic mass is 19.1. The van der Waals surface area contributed by atoms with Gasteiger partial charge in [-0.25, -0.2) is 14.4 Å². The lowest BCUT2D eigenvalue weighted by Crippen LogP contribution is -2.31. The highest BCUT2D eigenvalue weighted by Gasteiger charge is 2.27. The Bertz CT molecular complexity index is 1130. The van der Waals surface area contributed by atoms with E-state index < -0.39 is 17.7 Å². The number of aromatic amines is 1. The number of rotatable bonds is 5. The normalized spacial score (nSPS) is 18.7. The molecule has 4 rings (SSSR count). The summed E-state index contributed by atoms with van der Waals surface area (Å²) in [7, 11) is 0. The molecule has 2 aromatic heterocycles. The fraction of sp³-hybridized carbons (Fsp3) is 0.273. The Hall–Kier alpha value is -3.55. The number of carboxylic acid groups (broad SMARTS) is 1. The summed E-state index contributed by atoms with van der Waals surface area (Å²) in [5, 5.41) is 12.4. The first-order chi connectivity index (χ1) is 14.5. The van der Waals surface area contributed by atoms with E-state index in [0.29, 0.717) is 29.5 Å². The summed E-state index contributed by atoms with van der Waals surface area (Å²) in [5.41, 5.74) is 1.54. The third kappa shape index (κ3) is 4.22. The molecule has 2 heterocycles. The van der Waals surface area contributed by atoms with Crippen molar-refractivity contribution in [2.75, 3.05) is 5.32 Å². The third-order valence-corrected chi connectivity index (χ3v) is 5.37. The molecule has 0 spiro atoms. The van der Waals surface area contributed by atoms with Gasteiger partial charge in [0.25, 0.3) is 5.56 Å². The van der Waals surface area contributed by atoms with Crippen molar-refractivity contribution in [1.29, 1.82) is 0 Å². The number of H-pyrrole nitrogens is 1. The van der Waals surface area contributed by atoms with Crippen LogP contribution in [0.25, 0.3) is 22.4 Å². The van der Waals surface area contributed by atoms with Crippen LogP contribution in [0.3, 0.4) is 0 Å². The van der Waals surface area contributed by atoms with Crippen molar-refractivity contribution < 1.29 is 14.3 Å². The Morgan fingerprint density at radius 2 is 2.03 bits per heavy atom. The zero-order chi connectivity index (χ0) is 21.1. The van der Waals surface area contributed by atoms with Crippen molar-refractivity contribution in [3.8, 4) is 22.4 Å². The Labute approximate surface area is 172 Å². The van der Waals surface area contributed by atoms with Crippen LogP contribution >= 0.6 is 0 Å². The molecule has 1 saturated carbocycles. The van der Waals surface area contributed by atoms with Gasteiger partial charge in [-0.2, -0.15) is 0 Å². The smallest absolute Gasteiger partial charge is 0.306 e. The average Bonchev–Trinajstić information content (AvgIpc) is 2.76. The Morgan fingerprint density at radius 3 is 2.83 bits per heavy atom. The van der Waals surface area contributed by atoms with Crippen LogP contribution in [-0.4, -0.2) is 32.1 Å². The molecule has 3 aromatic rings. The van der Waals surface area contributed by atoms with Gasteiger partial charge < -0.3 is 15.4 Å². The largest absolute Gasteiger partial charge is 0.481 e. The van der Waals surface area contributed by atoms with E-state index >= 15 is 0 Å². The number of pyridine rings is 1. The van der Waals surface area contributed by atoms with Crippen LogP contribution in [0.2, 0.25) is 0 Å². The predicted octanol–water partition coefficient (Wildman–Crippen LogP) is 3.69. The van der Waals surface area contributed by atoms with E-state index in [4.69, 9.17) is 0 Å². The summed E-state index contributed by atoms with van der Waals surface area (Å²) >= 11 is 0. The number of hydrogen-bond acceptors (Lipinski definition) is 5. The first-order valence-electron chi connectivity index (χ1n) is 9.81. The van der Waals surface area contributed by atoms with Gasteiger partial charge in [0.15, 0.2) is 5.82 Å². The second-order valence-electron chi connectivity index (χ2n) is 7.43. The summed E-state index contributed by atoms with van der Waals surface area (Å²) in [5.74, 6) is -1.51. The van der Waals surface area contributed by atoms with Crippen molar-refractivity contribution in [3.05, 3.63) is 65.0 Å². The maximum absolute atomic E-state index is 14.5. The van der Waals surface area contributed by atoms with E-state index in [9.17, 15) is 19.1 Å². The van der Waals surface area contributed by atoms with Gasteiger partial charge in [-0.15, -0.1) is 0 Å². The molecule has 30 heavy (non-hydrogen) atoms. The molecule has 0 radical (unpaired) electrons. The number of carboxylic acids is 1. The van der Waals surface area contributed by atoms with Gasteiger partial charge in [0.05, 0.1) is 12.1 Å². The number of carbonyl (C=O) groups is 1. The fourth-order valence-electron chi connectivity index (χ4n) is 3.85. The Balaban J connectivity index is 1.61. The van der Waals surface area contributed by atoms with E-state index in [2.05, 4.69) is 20.3 Å². The van der Waals surface area contributed by atoms with Gasteiger partial charge in [0.2, 0.25) is 5.95 Å². The van der Waals surface area contributed by atoms with E-state index in [0.717, 1.165) is 19.0 Å². The molecule has 7 nitrogen and oxygen atoms in total. The van der Waals surface area contributed by atoms with Gasteiger partial charge >= 0.3 is 5.97 Å². The van der Waals surface area contributed by atoms with Gasteiger partial charge in [-0.1, -0.05) is 24.6 Å². The Kier molecular flexibility index (Phi) is 5.56. The molecule has 1 aliphatic carbocycles. The average molecular weight is 408 g/mol.